The summed E-state index contributed by atoms with van der Waals surface area (Å²) in [7, 11) is 2.23. The standard InChI is InChI=1S/C28H32N2O/c1-29-16-18-30(19-17-29)28-9-5-8-24-10-11-25(20-27(24)28)23-12-14-26(15-13-23)31-21-22-6-3-2-4-7-22/h2-4,6-7,10-15,20,28H,5,8-9,16-19,21H2,1H3. The minimum atomic E-state index is 0.575. The third-order valence-corrected chi connectivity index (χ3v) is 6.84. The summed E-state index contributed by atoms with van der Waals surface area (Å²) in [5.74, 6) is 0.917. The van der Waals surface area contributed by atoms with Crippen molar-refractivity contribution in [3.05, 3.63) is 89.5 Å². The number of ether oxygens (including phenoxy) is 1. The summed E-state index contributed by atoms with van der Waals surface area (Å²) >= 11 is 0. The van der Waals surface area contributed by atoms with Crippen molar-refractivity contribution in [3.8, 4) is 16.9 Å². The van der Waals surface area contributed by atoms with Gasteiger partial charge in [0.1, 0.15) is 12.4 Å². The van der Waals surface area contributed by atoms with Gasteiger partial charge in [0, 0.05) is 32.2 Å². The zero-order valence-electron chi connectivity index (χ0n) is 18.5. The number of hydrogen-bond donors (Lipinski definition) is 0. The van der Waals surface area contributed by atoms with E-state index in [1.54, 1.807) is 11.1 Å². The Balaban J connectivity index is 1.32. The van der Waals surface area contributed by atoms with Crippen molar-refractivity contribution in [2.45, 2.75) is 31.9 Å². The molecule has 0 saturated carbocycles. The molecule has 0 radical (unpaired) electrons. The molecule has 1 heterocycles. The number of hydrogen-bond acceptors (Lipinski definition) is 3. The van der Waals surface area contributed by atoms with Crippen LogP contribution in [0.25, 0.3) is 11.1 Å². The highest BCUT2D eigenvalue weighted by atomic mass is 16.5. The Morgan fingerprint density at radius 3 is 2.35 bits per heavy atom. The number of benzene rings is 3. The first-order valence-electron chi connectivity index (χ1n) is 11.6. The Hall–Kier alpha value is -2.62. The molecule has 31 heavy (non-hydrogen) atoms. The van der Waals surface area contributed by atoms with E-state index in [0.717, 1.165) is 5.75 Å². The summed E-state index contributed by atoms with van der Waals surface area (Å²) in [5, 5.41) is 0. The maximum absolute atomic E-state index is 5.97. The smallest absolute Gasteiger partial charge is 0.119 e. The Labute approximate surface area is 186 Å². The molecule has 0 bridgehead atoms. The van der Waals surface area contributed by atoms with Gasteiger partial charge in [-0.25, -0.2) is 0 Å². The molecule has 0 N–H and O–H groups in total. The van der Waals surface area contributed by atoms with E-state index in [1.807, 2.05) is 18.2 Å². The van der Waals surface area contributed by atoms with Gasteiger partial charge in [0.25, 0.3) is 0 Å². The van der Waals surface area contributed by atoms with Gasteiger partial charge in [-0.1, -0.05) is 54.6 Å². The van der Waals surface area contributed by atoms with Crippen molar-refractivity contribution in [2.24, 2.45) is 0 Å². The van der Waals surface area contributed by atoms with Crippen molar-refractivity contribution in [1.82, 2.24) is 9.80 Å². The zero-order chi connectivity index (χ0) is 21.0. The van der Waals surface area contributed by atoms with Gasteiger partial charge in [-0.2, -0.15) is 0 Å². The molecule has 1 unspecified atom stereocenters. The van der Waals surface area contributed by atoms with E-state index >= 15 is 0 Å². The fourth-order valence-electron chi connectivity index (χ4n) is 4.95. The maximum atomic E-state index is 5.97. The zero-order valence-corrected chi connectivity index (χ0v) is 18.5. The lowest BCUT2D eigenvalue weighted by Gasteiger charge is -2.40. The van der Waals surface area contributed by atoms with Gasteiger partial charge in [-0.05, 0) is 72.3 Å². The molecule has 1 aliphatic carbocycles. The van der Waals surface area contributed by atoms with E-state index in [0.29, 0.717) is 12.6 Å². The maximum Gasteiger partial charge on any atom is 0.119 e. The monoisotopic (exact) mass is 412 g/mol. The largest absolute Gasteiger partial charge is 0.489 e. The summed E-state index contributed by atoms with van der Waals surface area (Å²) in [5.41, 5.74) is 6.86. The Bertz CT molecular complexity index is 991. The molecule has 1 saturated heterocycles. The molecule has 3 heteroatoms. The first-order chi connectivity index (χ1) is 15.3. The third kappa shape index (κ3) is 4.68. The lowest BCUT2D eigenvalue weighted by atomic mass is 9.84. The molecule has 0 spiro atoms. The van der Waals surface area contributed by atoms with E-state index in [4.69, 9.17) is 4.74 Å². The van der Waals surface area contributed by atoms with E-state index < -0.39 is 0 Å². The summed E-state index contributed by atoms with van der Waals surface area (Å²) in [6.45, 7) is 5.31. The second-order valence-electron chi connectivity index (χ2n) is 8.96. The molecule has 160 valence electrons. The minimum Gasteiger partial charge on any atom is -0.489 e. The minimum absolute atomic E-state index is 0.575. The normalized spacial score (nSPS) is 19.7. The molecular weight excluding hydrogens is 380 g/mol. The van der Waals surface area contributed by atoms with Gasteiger partial charge < -0.3 is 9.64 Å². The predicted octanol–water partition coefficient (Wildman–Crippen LogP) is 5.56. The van der Waals surface area contributed by atoms with Gasteiger partial charge in [-0.15, -0.1) is 0 Å². The molecule has 0 amide bonds. The van der Waals surface area contributed by atoms with Crippen LogP contribution in [0, 0.1) is 0 Å². The van der Waals surface area contributed by atoms with Gasteiger partial charge in [0.2, 0.25) is 0 Å². The Morgan fingerprint density at radius 2 is 1.58 bits per heavy atom. The highest BCUT2D eigenvalue weighted by molar-refractivity contribution is 5.66. The van der Waals surface area contributed by atoms with E-state index in [9.17, 15) is 0 Å². The molecular formula is C28H32N2O. The average molecular weight is 413 g/mol. The van der Waals surface area contributed by atoms with Crippen molar-refractivity contribution in [2.75, 3.05) is 33.2 Å². The second kappa shape index (κ2) is 9.25. The van der Waals surface area contributed by atoms with Gasteiger partial charge >= 0.3 is 0 Å². The van der Waals surface area contributed by atoms with Crippen LogP contribution < -0.4 is 4.74 Å². The van der Waals surface area contributed by atoms with Crippen molar-refractivity contribution < 1.29 is 4.74 Å². The van der Waals surface area contributed by atoms with Crippen LogP contribution >= 0.6 is 0 Å². The summed E-state index contributed by atoms with van der Waals surface area (Å²) in [6.07, 6.45) is 3.80. The molecule has 1 atom stereocenters. The van der Waals surface area contributed by atoms with Gasteiger partial charge in [-0.3, -0.25) is 4.90 Å². The van der Waals surface area contributed by atoms with Crippen molar-refractivity contribution >= 4 is 0 Å². The molecule has 3 nitrogen and oxygen atoms in total. The number of fused-ring (bicyclic) bond motifs is 1. The number of piperazine rings is 1. The molecule has 1 fully saturated rings. The first kappa shape index (κ1) is 20.3. The predicted molar refractivity (Wildman–Crippen MR) is 127 cm³/mol. The summed E-state index contributed by atoms with van der Waals surface area (Å²) in [4.78, 5) is 5.15. The van der Waals surface area contributed by atoms with Crippen LogP contribution in [0.4, 0.5) is 0 Å². The fraction of sp³-hybridized carbons (Fsp3) is 0.357. The van der Waals surface area contributed by atoms with E-state index in [1.165, 1.54) is 62.1 Å². The molecule has 3 aromatic rings. The highest BCUT2D eigenvalue weighted by Gasteiger charge is 2.28. The second-order valence-corrected chi connectivity index (χ2v) is 8.96. The van der Waals surface area contributed by atoms with Crippen molar-refractivity contribution in [3.63, 3.8) is 0 Å². The topological polar surface area (TPSA) is 15.7 Å². The third-order valence-electron chi connectivity index (χ3n) is 6.84. The van der Waals surface area contributed by atoms with Crippen LogP contribution in [0.1, 0.15) is 35.6 Å². The summed E-state index contributed by atoms with van der Waals surface area (Å²) in [6, 6.07) is 26.6. The van der Waals surface area contributed by atoms with Crippen LogP contribution in [-0.4, -0.2) is 43.0 Å². The molecule has 1 aliphatic heterocycles. The molecule has 2 aliphatic rings. The highest BCUT2D eigenvalue weighted by Crippen LogP contribution is 2.37. The number of rotatable bonds is 5. The van der Waals surface area contributed by atoms with E-state index in [-0.39, 0.29) is 0 Å². The quantitative estimate of drug-likeness (QED) is 0.546. The number of aryl methyl sites for hydroxylation is 1. The molecule has 5 rings (SSSR count). The van der Waals surface area contributed by atoms with E-state index in [2.05, 4.69) is 71.4 Å². The van der Waals surface area contributed by atoms with Crippen LogP contribution in [0.3, 0.4) is 0 Å². The molecule has 0 aromatic heterocycles. The summed E-state index contributed by atoms with van der Waals surface area (Å²) < 4.78 is 5.97. The SMILES string of the molecule is CN1CCN(C2CCCc3ccc(-c4ccc(OCc5ccccc5)cc4)cc32)CC1. The van der Waals surface area contributed by atoms with Gasteiger partial charge in [0.05, 0.1) is 0 Å². The number of nitrogens with zero attached hydrogens (tertiary/aromatic N) is 2. The average Bonchev–Trinajstić information content (AvgIpc) is 2.84. The Morgan fingerprint density at radius 1 is 0.839 bits per heavy atom. The van der Waals surface area contributed by atoms with Crippen LogP contribution in [0.5, 0.6) is 5.75 Å². The lowest BCUT2D eigenvalue weighted by molar-refractivity contribution is 0.102. The molecule has 3 aromatic carbocycles. The van der Waals surface area contributed by atoms with Crippen LogP contribution in [-0.2, 0) is 13.0 Å². The number of likely N-dealkylation sites (N-methyl/N-ethyl adjacent to an activating group) is 1. The van der Waals surface area contributed by atoms with Crippen LogP contribution in [0.15, 0.2) is 72.8 Å². The van der Waals surface area contributed by atoms with Gasteiger partial charge in [0.15, 0.2) is 0 Å². The first-order valence-corrected chi connectivity index (χ1v) is 11.6. The Kier molecular flexibility index (Phi) is 6.06. The lowest BCUT2D eigenvalue weighted by Crippen LogP contribution is -2.46. The van der Waals surface area contributed by atoms with Crippen LogP contribution in [0.2, 0.25) is 0 Å². The fourth-order valence-corrected chi connectivity index (χ4v) is 4.95. The van der Waals surface area contributed by atoms with Crippen molar-refractivity contribution in [1.29, 1.82) is 0 Å².